The highest BCUT2D eigenvalue weighted by molar-refractivity contribution is 6.31. The van der Waals surface area contributed by atoms with Gasteiger partial charge in [0, 0.05) is 18.1 Å². The first-order valence-electron chi connectivity index (χ1n) is 7.53. The minimum absolute atomic E-state index is 0.220. The van der Waals surface area contributed by atoms with Crippen molar-refractivity contribution in [1.82, 2.24) is 5.32 Å². The zero-order valence-corrected chi connectivity index (χ0v) is 14.3. The van der Waals surface area contributed by atoms with Crippen molar-refractivity contribution < 1.29 is 9.84 Å². The van der Waals surface area contributed by atoms with E-state index in [2.05, 4.69) is 33.0 Å². The Balaban J connectivity index is 2.20. The van der Waals surface area contributed by atoms with Gasteiger partial charge in [-0.3, -0.25) is 0 Å². The van der Waals surface area contributed by atoms with Gasteiger partial charge in [-0.15, -0.1) is 0 Å². The average Bonchev–Trinajstić information content (AvgIpc) is 2.40. The molecule has 1 unspecified atom stereocenters. The number of aliphatic hydroxyl groups is 1. The van der Waals surface area contributed by atoms with E-state index in [9.17, 15) is 5.11 Å². The first-order chi connectivity index (χ1) is 9.83. The number of hydrogen-bond donors (Lipinski definition) is 2. The Kier molecular flexibility index (Phi) is 7.67. The summed E-state index contributed by atoms with van der Waals surface area (Å²) in [7, 11) is 0. The summed E-state index contributed by atoms with van der Waals surface area (Å²) in [6, 6.07) is 7.59. The van der Waals surface area contributed by atoms with Crippen LogP contribution < -0.4 is 5.32 Å². The molecule has 120 valence electrons. The summed E-state index contributed by atoms with van der Waals surface area (Å²) in [6.07, 6.45) is -0.504. The maximum atomic E-state index is 9.91. The molecule has 0 saturated carbocycles. The van der Waals surface area contributed by atoms with Crippen molar-refractivity contribution in [1.29, 1.82) is 0 Å². The molecule has 0 aliphatic rings. The molecule has 0 saturated heterocycles. The van der Waals surface area contributed by atoms with Crippen LogP contribution in [0.25, 0.3) is 0 Å². The molecule has 1 aromatic rings. The second-order valence-electron chi connectivity index (χ2n) is 6.53. The first-order valence-corrected chi connectivity index (χ1v) is 7.90. The van der Waals surface area contributed by atoms with Crippen LogP contribution in [0.1, 0.15) is 33.3 Å². The van der Waals surface area contributed by atoms with Crippen LogP contribution >= 0.6 is 11.6 Å². The quantitative estimate of drug-likeness (QED) is 0.733. The van der Waals surface area contributed by atoms with Gasteiger partial charge in [0.1, 0.15) is 0 Å². The topological polar surface area (TPSA) is 41.5 Å². The van der Waals surface area contributed by atoms with E-state index in [1.165, 1.54) is 0 Å². The highest BCUT2D eigenvalue weighted by Crippen LogP contribution is 2.24. The lowest BCUT2D eigenvalue weighted by atomic mass is 9.81. The fraction of sp³-hybridized carbons (Fsp3) is 0.647. The molecule has 1 atom stereocenters. The predicted octanol–water partition coefficient (Wildman–Crippen LogP) is 3.49. The van der Waals surface area contributed by atoms with Crippen LogP contribution in [0.2, 0.25) is 5.02 Å². The molecule has 3 nitrogen and oxygen atoms in total. The van der Waals surface area contributed by atoms with E-state index in [0.717, 1.165) is 12.1 Å². The summed E-state index contributed by atoms with van der Waals surface area (Å²) in [6.45, 7) is 11.0. The summed E-state index contributed by atoms with van der Waals surface area (Å²) in [5.41, 5.74) is 1.17. The van der Waals surface area contributed by atoms with E-state index in [4.69, 9.17) is 16.3 Å². The molecule has 2 N–H and O–H groups in total. The van der Waals surface area contributed by atoms with E-state index in [1.807, 2.05) is 24.3 Å². The molecule has 0 aromatic heterocycles. The molecule has 4 heteroatoms. The Hall–Kier alpha value is -0.610. The zero-order valence-electron chi connectivity index (χ0n) is 13.5. The zero-order chi connectivity index (χ0) is 15.9. The molecular formula is C17H28ClNO2. The molecule has 0 aliphatic heterocycles. The Morgan fingerprint density at radius 3 is 2.57 bits per heavy atom. The number of rotatable bonds is 9. The molecule has 0 heterocycles. The van der Waals surface area contributed by atoms with Crippen LogP contribution in [-0.2, 0) is 11.3 Å². The largest absolute Gasteiger partial charge is 0.389 e. The Morgan fingerprint density at radius 1 is 1.29 bits per heavy atom. The standard InChI is InChI=1S/C17H28ClNO2/c1-13(2)17(3,4)12-19-9-15(20)11-21-10-14-7-5-6-8-16(14)18/h5-8,13,15,19-20H,9-12H2,1-4H3. The average molecular weight is 314 g/mol. The Bertz CT molecular complexity index is 421. The molecular weight excluding hydrogens is 286 g/mol. The van der Waals surface area contributed by atoms with E-state index in [0.29, 0.717) is 30.7 Å². The van der Waals surface area contributed by atoms with E-state index >= 15 is 0 Å². The van der Waals surface area contributed by atoms with Gasteiger partial charge in [0.15, 0.2) is 0 Å². The first kappa shape index (κ1) is 18.4. The van der Waals surface area contributed by atoms with Crippen molar-refractivity contribution in [2.45, 2.75) is 40.4 Å². The van der Waals surface area contributed by atoms with Crippen LogP contribution in [0.5, 0.6) is 0 Å². The third-order valence-corrected chi connectivity index (χ3v) is 4.42. The van der Waals surface area contributed by atoms with E-state index in [-0.39, 0.29) is 5.41 Å². The highest BCUT2D eigenvalue weighted by atomic mass is 35.5. The summed E-state index contributed by atoms with van der Waals surface area (Å²) >= 11 is 6.05. The normalized spacial score (nSPS) is 13.7. The van der Waals surface area contributed by atoms with Crippen molar-refractivity contribution in [3.8, 4) is 0 Å². The summed E-state index contributed by atoms with van der Waals surface area (Å²) < 4.78 is 5.52. The number of hydrogen-bond acceptors (Lipinski definition) is 3. The lowest BCUT2D eigenvalue weighted by Gasteiger charge is -2.30. The molecule has 1 rings (SSSR count). The van der Waals surface area contributed by atoms with Crippen LogP contribution in [0.15, 0.2) is 24.3 Å². The van der Waals surface area contributed by atoms with Crippen molar-refractivity contribution in [2.75, 3.05) is 19.7 Å². The molecule has 0 bridgehead atoms. The monoisotopic (exact) mass is 313 g/mol. The van der Waals surface area contributed by atoms with Crippen LogP contribution in [0.3, 0.4) is 0 Å². The van der Waals surface area contributed by atoms with E-state index in [1.54, 1.807) is 0 Å². The number of aliphatic hydroxyl groups excluding tert-OH is 1. The molecule has 0 amide bonds. The van der Waals surface area contributed by atoms with Gasteiger partial charge in [-0.05, 0) is 23.0 Å². The molecule has 0 aliphatic carbocycles. The van der Waals surface area contributed by atoms with Gasteiger partial charge in [-0.2, -0.15) is 0 Å². The van der Waals surface area contributed by atoms with Crippen molar-refractivity contribution in [3.05, 3.63) is 34.9 Å². The summed E-state index contributed by atoms with van der Waals surface area (Å²) in [4.78, 5) is 0. The second kappa shape index (κ2) is 8.74. The molecule has 0 spiro atoms. The molecule has 1 aromatic carbocycles. The van der Waals surface area contributed by atoms with E-state index < -0.39 is 6.10 Å². The van der Waals surface area contributed by atoms with Gasteiger partial charge in [0.25, 0.3) is 0 Å². The predicted molar refractivity (Wildman–Crippen MR) is 88.6 cm³/mol. The van der Waals surface area contributed by atoms with Crippen molar-refractivity contribution in [3.63, 3.8) is 0 Å². The van der Waals surface area contributed by atoms with Gasteiger partial charge >= 0.3 is 0 Å². The smallest absolute Gasteiger partial charge is 0.0897 e. The number of benzene rings is 1. The van der Waals surface area contributed by atoms with Gasteiger partial charge in [0.2, 0.25) is 0 Å². The fourth-order valence-corrected chi connectivity index (χ4v) is 1.93. The number of ether oxygens (including phenoxy) is 1. The van der Waals surface area contributed by atoms with Gasteiger partial charge in [-0.1, -0.05) is 57.5 Å². The molecule has 0 radical (unpaired) electrons. The SMILES string of the molecule is CC(C)C(C)(C)CNCC(O)COCc1ccccc1Cl. The lowest BCUT2D eigenvalue weighted by molar-refractivity contribution is 0.0273. The van der Waals surface area contributed by atoms with Gasteiger partial charge < -0.3 is 15.2 Å². The summed E-state index contributed by atoms with van der Waals surface area (Å²) in [5.74, 6) is 0.596. The van der Waals surface area contributed by atoms with Crippen LogP contribution in [0, 0.1) is 11.3 Å². The number of halogens is 1. The lowest BCUT2D eigenvalue weighted by Crippen LogP contribution is -2.38. The minimum atomic E-state index is -0.504. The molecule has 0 fully saturated rings. The Labute approximate surface area is 133 Å². The van der Waals surface area contributed by atoms with Gasteiger partial charge in [0.05, 0.1) is 19.3 Å². The highest BCUT2D eigenvalue weighted by Gasteiger charge is 2.21. The molecule has 21 heavy (non-hydrogen) atoms. The second-order valence-corrected chi connectivity index (χ2v) is 6.94. The van der Waals surface area contributed by atoms with Crippen LogP contribution in [0.4, 0.5) is 0 Å². The third kappa shape index (κ3) is 6.79. The Morgan fingerprint density at radius 2 is 1.95 bits per heavy atom. The third-order valence-electron chi connectivity index (χ3n) is 4.05. The maximum Gasteiger partial charge on any atom is 0.0897 e. The van der Waals surface area contributed by atoms with Gasteiger partial charge in [-0.25, -0.2) is 0 Å². The van der Waals surface area contributed by atoms with Crippen LogP contribution in [-0.4, -0.2) is 30.9 Å². The minimum Gasteiger partial charge on any atom is -0.389 e. The maximum absolute atomic E-state index is 9.91. The fourth-order valence-electron chi connectivity index (χ4n) is 1.74. The summed E-state index contributed by atoms with van der Waals surface area (Å²) in [5, 5.41) is 13.9. The van der Waals surface area contributed by atoms with Crippen molar-refractivity contribution in [2.24, 2.45) is 11.3 Å². The van der Waals surface area contributed by atoms with Crippen molar-refractivity contribution >= 4 is 11.6 Å². The number of nitrogens with one attached hydrogen (secondary N) is 1.